The number of carbonyl (C=O) groups excluding carboxylic acids is 1. The molecule has 0 saturated carbocycles. The molecular formula is C22H26N2O5. The molecule has 4 rings (SSSR count). The number of amides is 1. The van der Waals surface area contributed by atoms with E-state index in [0.717, 1.165) is 30.0 Å². The van der Waals surface area contributed by atoms with E-state index in [-0.39, 0.29) is 5.91 Å². The summed E-state index contributed by atoms with van der Waals surface area (Å²) in [6.45, 7) is 6.13. The number of nitrogens with zero attached hydrogens (tertiary/aromatic N) is 1. The maximum atomic E-state index is 12.6. The Morgan fingerprint density at radius 2 is 1.55 bits per heavy atom. The van der Waals surface area contributed by atoms with Crippen LogP contribution in [0.4, 0.5) is 5.69 Å². The van der Waals surface area contributed by atoms with Crippen LogP contribution in [0.15, 0.2) is 36.4 Å². The Kier molecular flexibility index (Phi) is 6.05. The molecule has 0 bridgehead atoms. The summed E-state index contributed by atoms with van der Waals surface area (Å²) in [5.41, 5.74) is 1.79. The molecular weight excluding hydrogens is 372 g/mol. The van der Waals surface area contributed by atoms with Gasteiger partial charge >= 0.3 is 0 Å². The third-order valence-electron chi connectivity index (χ3n) is 4.86. The zero-order valence-corrected chi connectivity index (χ0v) is 16.6. The van der Waals surface area contributed by atoms with E-state index in [9.17, 15) is 4.79 Å². The molecule has 2 aliphatic rings. The van der Waals surface area contributed by atoms with Gasteiger partial charge in [0.05, 0.1) is 19.8 Å². The summed E-state index contributed by atoms with van der Waals surface area (Å²) in [6.07, 6.45) is 0.849. The minimum atomic E-state index is -0.0705. The van der Waals surface area contributed by atoms with Crippen molar-refractivity contribution >= 4 is 11.6 Å². The number of likely N-dealkylation sites (N-methyl/N-ethyl adjacent to an activating group) is 1. The molecule has 0 radical (unpaired) electrons. The first-order chi connectivity index (χ1) is 14.2. The number of hydrogen-bond acceptors (Lipinski definition) is 6. The van der Waals surface area contributed by atoms with Crippen molar-refractivity contribution in [2.75, 3.05) is 44.8 Å². The van der Waals surface area contributed by atoms with Crippen LogP contribution in [-0.2, 0) is 11.3 Å². The highest BCUT2D eigenvalue weighted by molar-refractivity contribution is 5.92. The van der Waals surface area contributed by atoms with Gasteiger partial charge in [0.2, 0.25) is 5.91 Å². The van der Waals surface area contributed by atoms with Crippen molar-refractivity contribution in [1.29, 1.82) is 0 Å². The SMILES string of the molecule is CCN(CC(=O)Nc1ccc2c(c1)OCCCO2)Cc1ccc2c(c1)OCCO2. The quantitative estimate of drug-likeness (QED) is 0.807. The van der Waals surface area contributed by atoms with Crippen molar-refractivity contribution in [3.05, 3.63) is 42.0 Å². The van der Waals surface area contributed by atoms with Gasteiger partial charge in [0.25, 0.3) is 0 Å². The third-order valence-corrected chi connectivity index (χ3v) is 4.86. The van der Waals surface area contributed by atoms with Crippen LogP contribution in [0.25, 0.3) is 0 Å². The minimum absolute atomic E-state index is 0.0705. The number of hydrogen-bond donors (Lipinski definition) is 1. The monoisotopic (exact) mass is 398 g/mol. The van der Waals surface area contributed by atoms with Crippen LogP contribution in [0.1, 0.15) is 18.9 Å². The van der Waals surface area contributed by atoms with Gasteiger partial charge in [-0.3, -0.25) is 9.69 Å². The van der Waals surface area contributed by atoms with E-state index < -0.39 is 0 Å². The van der Waals surface area contributed by atoms with Crippen molar-refractivity contribution in [1.82, 2.24) is 4.90 Å². The van der Waals surface area contributed by atoms with Gasteiger partial charge in [-0.1, -0.05) is 13.0 Å². The van der Waals surface area contributed by atoms with Crippen LogP contribution in [0.5, 0.6) is 23.0 Å². The van der Waals surface area contributed by atoms with E-state index >= 15 is 0 Å². The van der Waals surface area contributed by atoms with Gasteiger partial charge in [-0.05, 0) is 36.4 Å². The van der Waals surface area contributed by atoms with Crippen LogP contribution in [0.3, 0.4) is 0 Å². The summed E-state index contributed by atoms with van der Waals surface area (Å²) < 4.78 is 22.5. The van der Waals surface area contributed by atoms with E-state index in [0.29, 0.717) is 56.7 Å². The number of ether oxygens (including phenoxy) is 4. The van der Waals surface area contributed by atoms with E-state index in [2.05, 4.69) is 10.2 Å². The van der Waals surface area contributed by atoms with E-state index in [1.54, 1.807) is 0 Å². The Morgan fingerprint density at radius 3 is 2.34 bits per heavy atom. The Labute approximate surface area is 170 Å². The van der Waals surface area contributed by atoms with Crippen molar-refractivity contribution in [2.45, 2.75) is 19.9 Å². The molecule has 29 heavy (non-hydrogen) atoms. The maximum absolute atomic E-state index is 12.6. The number of rotatable bonds is 6. The molecule has 1 amide bonds. The molecule has 154 valence electrons. The molecule has 7 nitrogen and oxygen atoms in total. The number of anilines is 1. The van der Waals surface area contributed by atoms with Gasteiger partial charge in [0.1, 0.15) is 13.2 Å². The predicted octanol–water partition coefficient (Wildman–Crippen LogP) is 3.08. The normalized spacial score (nSPS) is 15.0. The Balaban J connectivity index is 1.36. The highest BCUT2D eigenvalue weighted by atomic mass is 16.6. The summed E-state index contributed by atoms with van der Waals surface area (Å²) >= 11 is 0. The van der Waals surface area contributed by atoms with Crippen LogP contribution in [-0.4, -0.2) is 50.3 Å². The zero-order valence-electron chi connectivity index (χ0n) is 16.6. The predicted molar refractivity (Wildman–Crippen MR) is 109 cm³/mol. The fourth-order valence-corrected chi connectivity index (χ4v) is 3.37. The average Bonchev–Trinajstić information content (AvgIpc) is 2.98. The molecule has 2 aromatic rings. The lowest BCUT2D eigenvalue weighted by Crippen LogP contribution is -2.32. The number of nitrogens with one attached hydrogen (secondary N) is 1. The zero-order chi connectivity index (χ0) is 20.1. The van der Waals surface area contributed by atoms with E-state index in [1.807, 2.05) is 43.3 Å². The molecule has 1 N–H and O–H groups in total. The molecule has 0 fully saturated rings. The summed E-state index contributed by atoms with van der Waals surface area (Å²) in [7, 11) is 0. The Hall–Kier alpha value is -2.93. The highest BCUT2D eigenvalue weighted by Crippen LogP contribution is 2.33. The number of fused-ring (bicyclic) bond motifs is 2. The molecule has 2 heterocycles. The van der Waals surface area contributed by atoms with Gasteiger partial charge in [-0.2, -0.15) is 0 Å². The molecule has 0 atom stereocenters. The summed E-state index contributed by atoms with van der Waals surface area (Å²) in [6, 6.07) is 11.4. The maximum Gasteiger partial charge on any atom is 0.238 e. The molecule has 0 unspecified atom stereocenters. The lowest BCUT2D eigenvalue weighted by molar-refractivity contribution is -0.117. The Bertz CT molecular complexity index is 870. The first kappa shape index (κ1) is 19.4. The molecule has 0 saturated heterocycles. The smallest absolute Gasteiger partial charge is 0.238 e. The van der Waals surface area contributed by atoms with Gasteiger partial charge in [0, 0.05) is 24.7 Å². The van der Waals surface area contributed by atoms with E-state index in [1.165, 1.54) is 0 Å². The number of benzene rings is 2. The van der Waals surface area contributed by atoms with E-state index in [4.69, 9.17) is 18.9 Å². The lowest BCUT2D eigenvalue weighted by Gasteiger charge is -2.22. The fourth-order valence-electron chi connectivity index (χ4n) is 3.37. The fraction of sp³-hybridized carbons (Fsp3) is 0.409. The van der Waals surface area contributed by atoms with Crippen LogP contribution >= 0.6 is 0 Å². The van der Waals surface area contributed by atoms with Crippen molar-refractivity contribution in [3.63, 3.8) is 0 Å². The second kappa shape index (κ2) is 9.05. The van der Waals surface area contributed by atoms with Crippen molar-refractivity contribution in [3.8, 4) is 23.0 Å². The summed E-state index contributed by atoms with van der Waals surface area (Å²) in [5.74, 6) is 2.86. The minimum Gasteiger partial charge on any atom is -0.490 e. The molecule has 2 aromatic carbocycles. The van der Waals surface area contributed by atoms with Gasteiger partial charge in [-0.25, -0.2) is 0 Å². The van der Waals surface area contributed by atoms with Crippen molar-refractivity contribution < 1.29 is 23.7 Å². The Morgan fingerprint density at radius 1 is 0.897 bits per heavy atom. The largest absolute Gasteiger partial charge is 0.490 e. The van der Waals surface area contributed by atoms with Gasteiger partial charge in [0.15, 0.2) is 23.0 Å². The van der Waals surface area contributed by atoms with Gasteiger partial charge < -0.3 is 24.3 Å². The first-order valence-corrected chi connectivity index (χ1v) is 10.0. The standard InChI is InChI=1S/C22H26N2O5/c1-2-24(14-16-4-6-18-20(12-16)29-11-10-28-18)15-22(25)23-17-5-7-19-21(13-17)27-9-3-8-26-19/h4-7,12-13H,2-3,8-11,14-15H2,1H3,(H,23,25). The molecule has 0 aromatic heterocycles. The van der Waals surface area contributed by atoms with Crippen LogP contribution in [0, 0.1) is 0 Å². The van der Waals surface area contributed by atoms with Crippen LogP contribution in [0.2, 0.25) is 0 Å². The third kappa shape index (κ3) is 4.92. The second-order valence-corrected chi connectivity index (χ2v) is 7.04. The first-order valence-electron chi connectivity index (χ1n) is 10.0. The molecule has 7 heteroatoms. The van der Waals surface area contributed by atoms with Crippen molar-refractivity contribution in [2.24, 2.45) is 0 Å². The molecule has 0 spiro atoms. The molecule has 0 aliphatic carbocycles. The van der Waals surface area contributed by atoms with Crippen LogP contribution < -0.4 is 24.3 Å². The summed E-state index contributed by atoms with van der Waals surface area (Å²) in [5, 5.41) is 2.95. The average molecular weight is 398 g/mol. The van der Waals surface area contributed by atoms with Gasteiger partial charge in [-0.15, -0.1) is 0 Å². The highest BCUT2D eigenvalue weighted by Gasteiger charge is 2.16. The second-order valence-electron chi connectivity index (χ2n) is 7.04. The lowest BCUT2D eigenvalue weighted by atomic mass is 10.1. The summed E-state index contributed by atoms with van der Waals surface area (Å²) in [4.78, 5) is 14.6. The molecule has 2 aliphatic heterocycles. The number of carbonyl (C=O) groups is 1. The topological polar surface area (TPSA) is 69.3 Å².